The second-order valence-electron chi connectivity index (χ2n) is 4.52. The number of carbonyl (C=O) groups is 1. The fraction of sp³-hybridized carbons (Fsp3) is 0.133. The van der Waals surface area contributed by atoms with E-state index < -0.39 is 0 Å². The lowest BCUT2D eigenvalue weighted by Crippen LogP contribution is -2.44. The predicted octanol–water partition coefficient (Wildman–Crippen LogP) is 3.59. The Balaban J connectivity index is 2.19. The van der Waals surface area contributed by atoms with E-state index in [4.69, 9.17) is 11.6 Å². The van der Waals surface area contributed by atoms with Gasteiger partial charge in [0.15, 0.2) is 0 Å². The van der Waals surface area contributed by atoms with Gasteiger partial charge in [0, 0.05) is 17.6 Å². The second-order valence-corrected chi connectivity index (χ2v) is 4.93. The van der Waals surface area contributed by atoms with Crippen molar-refractivity contribution in [3.8, 4) is 0 Å². The quantitative estimate of drug-likeness (QED) is 0.845. The Morgan fingerprint density at radius 3 is 2.58 bits per heavy atom. The molecule has 0 aromatic heterocycles. The first-order chi connectivity index (χ1) is 9.18. The van der Waals surface area contributed by atoms with Crippen molar-refractivity contribution in [1.82, 2.24) is 5.32 Å². The van der Waals surface area contributed by atoms with Gasteiger partial charge in [0.2, 0.25) is 0 Å². The molecule has 2 aromatic rings. The van der Waals surface area contributed by atoms with E-state index in [-0.39, 0.29) is 12.1 Å². The molecular formula is C15H13ClN2O. The van der Waals surface area contributed by atoms with Gasteiger partial charge in [-0.2, -0.15) is 0 Å². The molecule has 0 fully saturated rings. The summed E-state index contributed by atoms with van der Waals surface area (Å²) in [6, 6.07) is 15.1. The Kier molecular flexibility index (Phi) is 2.91. The highest BCUT2D eigenvalue weighted by Gasteiger charge is 2.30. The normalized spacial score (nSPS) is 17.9. The highest BCUT2D eigenvalue weighted by atomic mass is 35.5. The Labute approximate surface area is 116 Å². The number of hydrogen-bond donors (Lipinski definition) is 1. The topological polar surface area (TPSA) is 32.3 Å². The number of nitrogens with zero attached hydrogens (tertiary/aromatic N) is 1. The van der Waals surface area contributed by atoms with Crippen molar-refractivity contribution in [2.24, 2.45) is 0 Å². The molecule has 0 aliphatic carbocycles. The molecule has 0 saturated carbocycles. The average molecular weight is 273 g/mol. The molecule has 2 amide bonds. The van der Waals surface area contributed by atoms with Crippen LogP contribution in [-0.2, 0) is 0 Å². The molecule has 1 atom stereocenters. The molecule has 4 heteroatoms. The maximum Gasteiger partial charge on any atom is 0.322 e. The summed E-state index contributed by atoms with van der Waals surface area (Å²) in [6.45, 7) is 0. The lowest BCUT2D eigenvalue weighted by molar-refractivity contribution is 0.244. The number of nitrogens with one attached hydrogen (secondary N) is 1. The number of anilines is 1. The zero-order chi connectivity index (χ0) is 13.4. The number of rotatable bonds is 1. The maximum absolute atomic E-state index is 12.0. The minimum atomic E-state index is -0.200. The second kappa shape index (κ2) is 4.59. The van der Waals surface area contributed by atoms with Crippen LogP contribution in [0.4, 0.5) is 10.5 Å². The van der Waals surface area contributed by atoms with Gasteiger partial charge >= 0.3 is 6.03 Å². The summed E-state index contributed by atoms with van der Waals surface area (Å²) >= 11 is 6.32. The molecule has 0 spiro atoms. The number of halogens is 1. The van der Waals surface area contributed by atoms with Crippen LogP contribution in [0.15, 0.2) is 48.5 Å². The first kappa shape index (κ1) is 12.1. The molecule has 1 heterocycles. The maximum atomic E-state index is 12.0. The van der Waals surface area contributed by atoms with Crippen molar-refractivity contribution >= 4 is 23.3 Å². The Hall–Kier alpha value is -2.00. The van der Waals surface area contributed by atoms with Crippen LogP contribution in [0.2, 0.25) is 5.02 Å². The zero-order valence-corrected chi connectivity index (χ0v) is 11.2. The first-order valence-electron chi connectivity index (χ1n) is 6.06. The first-order valence-corrected chi connectivity index (χ1v) is 6.44. The zero-order valence-electron chi connectivity index (χ0n) is 10.4. The molecule has 1 unspecified atom stereocenters. The highest BCUT2D eigenvalue weighted by molar-refractivity contribution is 6.32. The summed E-state index contributed by atoms with van der Waals surface area (Å²) in [5.74, 6) is 0. The Morgan fingerprint density at radius 2 is 1.84 bits per heavy atom. The minimum Gasteiger partial charge on any atom is -0.327 e. The van der Waals surface area contributed by atoms with Crippen molar-refractivity contribution in [2.75, 3.05) is 11.9 Å². The smallest absolute Gasteiger partial charge is 0.322 e. The van der Waals surface area contributed by atoms with Crippen molar-refractivity contribution in [3.05, 3.63) is 64.7 Å². The van der Waals surface area contributed by atoms with Gasteiger partial charge < -0.3 is 5.32 Å². The third-order valence-electron chi connectivity index (χ3n) is 3.39. The molecule has 1 aliphatic heterocycles. The van der Waals surface area contributed by atoms with E-state index in [0.717, 1.165) is 16.8 Å². The summed E-state index contributed by atoms with van der Waals surface area (Å²) < 4.78 is 0. The monoisotopic (exact) mass is 272 g/mol. The van der Waals surface area contributed by atoms with E-state index in [2.05, 4.69) is 5.32 Å². The molecule has 96 valence electrons. The SMILES string of the molecule is CN1C(=O)NC(c2ccccc2)c2c(Cl)cccc21. The molecule has 3 nitrogen and oxygen atoms in total. The fourth-order valence-corrected chi connectivity index (χ4v) is 2.68. The van der Waals surface area contributed by atoms with Gasteiger partial charge in [-0.05, 0) is 17.7 Å². The number of benzene rings is 2. The Bertz CT molecular complexity index is 627. The number of carbonyl (C=O) groups excluding carboxylic acids is 1. The fourth-order valence-electron chi connectivity index (χ4n) is 2.40. The predicted molar refractivity (Wildman–Crippen MR) is 76.7 cm³/mol. The van der Waals surface area contributed by atoms with Crippen LogP contribution in [0.3, 0.4) is 0 Å². The molecule has 0 saturated heterocycles. The largest absolute Gasteiger partial charge is 0.327 e. The number of hydrogen-bond acceptors (Lipinski definition) is 1. The molecule has 0 bridgehead atoms. The standard InChI is InChI=1S/C15H13ClN2O/c1-18-12-9-5-8-11(16)13(12)14(17-15(18)19)10-6-3-2-4-7-10/h2-9,14H,1H3,(H,17,19). The van der Waals surface area contributed by atoms with E-state index >= 15 is 0 Å². The van der Waals surface area contributed by atoms with Crippen LogP contribution in [0, 0.1) is 0 Å². The molecule has 1 aliphatic rings. The van der Waals surface area contributed by atoms with Crippen LogP contribution in [-0.4, -0.2) is 13.1 Å². The summed E-state index contributed by atoms with van der Waals surface area (Å²) in [7, 11) is 1.74. The summed E-state index contributed by atoms with van der Waals surface area (Å²) in [5.41, 5.74) is 2.82. The van der Waals surface area contributed by atoms with Gasteiger partial charge in [0.05, 0.1) is 11.7 Å². The minimum absolute atomic E-state index is 0.122. The number of fused-ring (bicyclic) bond motifs is 1. The van der Waals surface area contributed by atoms with Crippen LogP contribution in [0.1, 0.15) is 17.2 Å². The molecule has 2 aromatic carbocycles. The molecular weight excluding hydrogens is 260 g/mol. The van der Waals surface area contributed by atoms with E-state index in [1.165, 1.54) is 0 Å². The summed E-state index contributed by atoms with van der Waals surface area (Å²) in [4.78, 5) is 13.6. The van der Waals surface area contributed by atoms with Crippen molar-refractivity contribution in [3.63, 3.8) is 0 Å². The van der Waals surface area contributed by atoms with Gasteiger partial charge in [-0.1, -0.05) is 48.0 Å². The van der Waals surface area contributed by atoms with Crippen LogP contribution < -0.4 is 10.2 Å². The lowest BCUT2D eigenvalue weighted by atomic mass is 9.95. The molecule has 19 heavy (non-hydrogen) atoms. The highest BCUT2D eigenvalue weighted by Crippen LogP contribution is 2.38. The Morgan fingerprint density at radius 1 is 1.11 bits per heavy atom. The van der Waals surface area contributed by atoms with E-state index in [1.54, 1.807) is 11.9 Å². The van der Waals surface area contributed by atoms with E-state index in [0.29, 0.717) is 5.02 Å². The summed E-state index contributed by atoms with van der Waals surface area (Å²) in [6.07, 6.45) is 0. The van der Waals surface area contributed by atoms with Gasteiger partial charge in [-0.25, -0.2) is 4.79 Å². The molecule has 1 N–H and O–H groups in total. The van der Waals surface area contributed by atoms with Gasteiger partial charge in [-0.15, -0.1) is 0 Å². The van der Waals surface area contributed by atoms with Gasteiger partial charge in [0.1, 0.15) is 0 Å². The third-order valence-corrected chi connectivity index (χ3v) is 3.71. The molecule has 0 radical (unpaired) electrons. The van der Waals surface area contributed by atoms with Crippen LogP contribution in [0.25, 0.3) is 0 Å². The third kappa shape index (κ3) is 1.96. The summed E-state index contributed by atoms with van der Waals surface area (Å²) in [5, 5.41) is 3.65. The van der Waals surface area contributed by atoms with Crippen molar-refractivity contribution in [1.29, 1.82) is 0 Å². The van der Waals surface area contributed by atoms with Crippen LogP contribution >= 0.6 is 11.6 Å². The van der Waals surface area contributed by atoms with Crippen LogP contribution in [0.5, 0.6) is 0 Å². The lowest BCUT2D eigenvalue weighted by Gasteiger charge is -2.33. The van der Waals surface area contributed by atoms with Crippen molar-refractivity contribution < 1.29 is 4.79 Å². The average Bonchev–Trinajstić information content (AvgIpc) is 2.44. The number of amides is 2. The molecule has 3 rings (SSSR count). The van der Waals surface area contributed by atoms with E-state index in [9.17, 15) is 4.79 Å². The number of urea groups is 1. The van der Waals surface area contributed by atoms with E-state index in [1.807, 2.05) is 48.5 Å². The van der Waals surface area contributed by atoms with Gasteiger partial charge in [0.25, 0.3) is 0 Å². The van der Waals surface area contributed by atoms with Gasteiger partial charge in [-0.3, -0.25) is 4.90 Å². The van der Waals surface area contributed by atoms with Crippen molar-refractivity contribution in [2.45, 2.75) is 6.04 Å².